The molecule has 2 heterocycles. The van der Waals surface area contributed by atoms with Crippen molar-refractivity contribution in [2.24, 2.45) is 0 Å². The van der Waals surface area contributed by atoms with E-state index in [0.29, 0.717) is 16.7 Å². The smallest absolute Gasteiger partial charge is 0.306 e. The normalized spacial score (nSPS) is 12.9. The zero-order valence-electron chi connectivity index (χ0n) is 18.1. The summed E-state index contributed by atoms with van der Waals surface area (Å²) in [6, 6.07) is 9.80. The van der Waals surface area contributed by atoms with Gasteiger partial charge in [-0.1, -0.05) is 13.0 Å². The Morgan fingerprint density at radius 1 is 1.19 bits per heavy atom. The van der Waals surface area contributed by atoms with Crippen molar-refractivity contribution < 1.29 is 22.1 Å². The molecule has 0 radical (unpaired) electrons. The molecule has 1 aliphatic heterocycles. The predicted octanol–water partition coefficient (Wildman–Crippen LogP) is 3.35. The number of amides is 1. The van der Waals surface area contributed by atoms with Gasteiger partial charge < -0.3 is 24.5 Å². The van der Waals surface area contributed by atoms with E-state index in [2.05, 4.69) is 34.7 Å². The highest BCUT2D eigenvalue weighted by atomic mass is 35.5. The van der Waals surface area contributed by atoms with Crippen LogP contribution in [0.2, 0.25) is 0 Å². The number of hydrogen-bond acceptors (Lipinski definition) is 6. The first-order chi connectivity index (χ1) is 14.8. The average Bonchev–Trinajstić information content (AvgIpc) is 3.31. The molecule has 1 aromatic heterocycles. The molecule has 1 amide bonds. The summed E-state index contributed by atoms with van der Waals surface area (Å²) < 4.78 is 34.1. The van der Waals surface area contributed by atoms with Crippen molar-refractivity contribution in [2.45, 2.75) is 26.4 Å². The Bertz CT molecular complexity index is 1270. The van der Waals surface area contributed by atoms with Gasteiger partial charge in [0, 0.05) is 40.8 Å². The summed E-state index contributed by atoms with van der Waals surface area (Å²) in [5.74, 6) is 0.00963. The van der Waals surface area contributed by atoms with E-state index in [1.165, 1.54) is 12.7 Å². The number of halogens is 1. The minimum atomic E-state index is -3.79. The second-order valence-corrected chi connectivity index (χ2v) is 9.14. The van der Waals surface area contributed by atoms with Gasteiger partial charge in [0.25, 0.3) is 5.91 Å². The molecule has 3 aromatic rings. The Hall–Kier alpha value is -2.75. The first kappa shape index (κ1) is 23.9. The third-order valence-electron chi connectivity index (χ3n) is 5.18. The number of rotatable bonds is 8. The molecule has 1 aliphatic rings. The fraction of sp³-hybridized carbons (Fsp3) is 0.318. The van der Waals surface area contributed by atoms with Crippen molar-refractivity contribution in [2.75, 3.05) is 19.9 Å². The van der Waals surface area contributed by atoms with Gasteiger partial charge in [0.15, 0.2) is 11.5 Å². The molecule has 10 heteroatoms. The monoisotopic (exact) mass is 479 g/mol. The van der Waals surface area contributed by atoms with E-state index in [-0.39, 0.29) is 36.4 Å². The van der Waals surface area contributed by atoms with Crippen LogP contribution >= 0.6 is 12.4 Å². The van der Waals surface area contributed by atoms with Gasteiger partial charge >= 0.3 is 10.1 Å². The van der Waals surface area contributed by atoms with Crippen LogP contribution in [0.15, 0.2) is 30.3 Å². The van der Waals surface area contributed by atoms with Crippen molar-refractivity contribution in [1.82, 2.24) is 15.6 Å². The number of methoxy groups -OCH3 is 1. The number of hydrogen-bond donors (Lipinski definition) is 3. The maximum Gasteiger partial charge on any atom is 0.306 e. The third kappa shape index (κ3) is 4.69. The highest BCUT2D eigenvalue weighted by Crippen LogP contribution is 2.43. The maximum absolute atomic E-state index is 12.6. The summed E-state index contributed by atoms with van der Waals surface area (Å²) in [7, 11) is -2.36. The topological polar surface area (TPSA) is 110 Å². The van der Waals surface area contributed by atoms with E-state index in [4.69, 9.17) is 8.92 Å². The standard InChI is InChI=1S/C22H25N3O5S.ClH/c1-4-7-23-11-13-5-6-17-14(8-13)9-18(25-17)15-10-19(29-2)21(30-31(3,27)28)16-12-24-22(26)20(15)16;/h5-6,8-10,23,25H,4,7,11-12H2,1-3H3,(H,24,26);1H. The van der Waals surface area contributed by atoms with Gasteiger partial charge in [-0.15, -0.1) is 12.4 Å². The molecular formula is C22H26ClN3O5S. The molecule has 0 saturated heterocycles. The van der Waals surface area contributed by atoms with Crippen molar-refractivity contribution in [3.8, 4) is 22.8 Å². The van der Waals surface area contributed by atoms with Crippen LogP contribution < -0.4 is 19.6 Å². The molecule has 0 unspecified atom stereocenters. The lowest BCUT2D eigenvalue weighted by Crippen LogP contribution is -2.13. The van der Waals surface area contributed by atoms with Gasteiger partial charge in [-0.25, -0.2) is 0 Å². The van der Waals surface area contributed by atoms with Crippen LogP contribution in [0.4, 0.5) is 0 Å². The minimum Gasteiger partial charge on any atom is -0.493 e. The second kappa shape index (κ2) is 9.40. The number of aromatic amines is 1. The largest absolute Gasteiger partial charge is 0.493 e. The van der Waals surface area contributed by atoms with E-state index in [1.807, 2.05) is 12.1 Å². The maximum atomic E-state index is 12.6. The molecule has 2 aromatic carbocycles. The number of aromatic nitrogens is 1. The molecule has 0 bridgehead atoms. The van der Waals surface area contributed by atoms with E-state index < -0.39 is 10.1 Å². The number of carbonyl (C=O) groups is 1. The predicted molar refractivity (Wildman–Crippen MR) is 126 cm³/mol. The van der Waals surface area contributed by atoms with Crippen molar-refractivity contribution in [1.29, 1.82) is 0 Å². The van der Waals surface area contributed by atoms with Crippen molar-refractivity contribution in [3.63, 3.8) is 0 Å². The van der Waals surface area contributed by atoms with E-state index in [9.17, 15) is 13.2 Å². The molecule has 8 nitrogen and oxygen atoms in total. The summed E-state index contributed by atoms with van der Waals surface area (Å²) >= 11 is 0. The van der Waals surface area contributed by atoms with Crippen LogP contribution in [0.5, 0.6) is 11.5 Å². The fourth-order valence-electron chi connectivity index (χ4n) is 3.83. The second-order valence-electron chi connectivity index (χ2n) is 7.56. The van der Waals surface area contributed by atoms with Crippen LogP contribution in [-0.4, -0.2) is 39.2 Å². The summed E-state index contributed by atoms with van der Waals surface area (Å²) in [6.45, 7) is 4.03. The molecule has 0 spiro atoms. The van der Waals surface area contributed by atoms with E-state index in [1.54, 1.807) is 6.07 Å². The molecule has 4 rings (SSSR count). The van der Waals surface area contributed by atoms with E-state index in [0.717, 1.165) is 42.4 Å². The lowest BCUT2D eigenvalue weighted by atomic mass is 9.98. The Balaban J connectivity index is 0.00000289. The SMILES string of the molecule is CCCNCc1ccc2[nH]c(-c3cc(OC)c(OS(C)(=O)=O)c4c3C(=O)NC4)cc2c1.Cl. The molecule has 0 saturated carbocycles. The molecule has 0 atom stereocenters. The Morgan fingerprint density at radius 2 is 1.97 bits per heavy atom. The number of H-pyrrole nitrogens is 1. The van der Waals surface area contributed by atoms with Crippen LogP contribution in [0.1, 0.15) is 34.8 Å². The molecule has 172 valence electrons. The highest BCUT2D eigenvalue weighted by Gasteiger charge is 2.31. The van der Waals surface area contributed by atoms with Crippen LogP contribution in [0, 0.1) is 0 Å². The molecular weight excluding hydrogens is 454 g/mol. The first-order valence-electron chi connectivity index (χ1n) is 10.0. The third-order valence-corrected chi connectivity index (χ3v) is 5.65. The molecule has 0 aliphatic carbocycles. The van der Waals surface area contributed by atoms with Gasteiger partial charge in [0.05, 0.1) is 18.9 Å². The van der Waals surface area contributed by atoms with Gasteiger partial charge in [-0.2, -0.15) is 8.42 Å². The minimum absolute atomic E-state index is 0. The van der Waals surface area contributed by atoms with Crippen molar-refractivity contribution in [3.05, 3.63) is 47.0 Å². The van der Waals surface area contributed by atoms with Gasteiger partial charge in [-0.05, 0) is 42.8 Å². The number of benzene rings is 2. The molecule has 32 heavy (non-hydrogen) atoms. The Labute approximate surface area is 193 Å². The number of fused-ring (bicyclic) bond motifs is 2. The zero-order chi connectivity index (χ0) is 22.2. The quantitative estimate of drug-likeness (QED) is 0.337. The van der Waals surface area contributed by atoms with Crippen molar-refractivity contribution >= 4 is 39.3 Å². The van der Waals surface area contributed by atoms with Gasteiger partial charge in [-0.3, -0.25) is 4.79 Å². The molecule has 3 N–H and O–H groups in total. The number of nitrogens with one attached hydrogen (secondary N) is 3. The van der Waals surface area contributed by atoms with E-state index >= 15 is 0 Å². The van der Waals surface area contributed by atoms with Gasteiger partial charge in [0.2, 0.25) is 0 Å². The molecule has 0 fully saturated rings. The summed E-state index contributed by atoms with van der Waals surface area (Å²) in [6.07, 6.45) is 2.03. The zero-order valence-corrected chi connectivity index (χ0v) is 19.7. The summed E-state index contributed by atoms with van der Waals surface area (Å²) in [4.78, 5) is 16.0. The van der Waals surface area contributed by atoms with Crippen LogP contribution in [0.25, 0.3) is 22.2 Å². The first-order valence-corrected chi connectivity index (χ1v) is 11.9. The Morgan fingerprint density at radius 3 is 2.66 bits per heavy atom. The highest BCUT2D eigenvalue weighted by molar-refractivity contribution is 7.86. The average molecular weight is 480 g/mol. The summed E-state index contributed by atoms with van der Waals surface area (Å²) in [5, 5.41) is 7.17. The van der Waals surface area contributed by atoms with Gasteiger partial charge in [0.1, 0.15) is 0 Å². The Kier molecular flexibility index (Phi) is 7.02. The van der Waals surface area contributed by atoms with Crippen LogP contribution in [0.3, 0.4) is 0 Å². The number of carbonyl (C=O) groups excluding carboxylic acids is 1. The lowest BCUT2D eigenvalue weighted by Gasteiger charge is -2.15. The number of ether oxygens (including phenoxy) is 1. The summed E-state index contributed by atoms with van der Waals surface area (Å²) in [5.41, 5.74) is 4.33. The lowest BCUT2D eigenvalue weighted by molar-refractivity contribution is 0.0966. The fourth-order valence-corrected chi connectivity index (χ4v) is 4.32. The van der Waals surface area contributed by atoms with Crippen LogP contribution in [-0.2, 0) is 23.2 Å².